The molecule has 2 amide bonds. The average Bonchev–Trinajstić information content (AvgIpc) is 3.12. The topological polar surface area (TPSA) is 89.3 Å². The number of hydrogen-bond acceptors (Lipinski definition) is 5. The van der Waals surface area contributed by atoms with Crippen molar-refractivity contribution in [3.05, 3.63) is 89.2 Å². The average molecular weight is 440 g/mol. The summed E-state index contributed by atoms with van der Waals surface area (Å²) in [5.74, 6) is -0.367. The van der Waals surface area contributed by atoms with E-state index in [0.29, 0.717) is 42.0 Å². The van der Waals surface area contributed by atoms with Crippen LogP contribution in [0, 0.1) is 18.3 Å². The van der Waals surface area contributed by atoms with E-state index in [1.165, 1.54) is 0 Å². The number of pyridine rings is 1. The monoisotopic (exact) mass is 439 g/mol. The van der Waals surface area contributed by atoms with Gasteiger partial charge in [0.15, 0.2) is 0 Å². The molecular formula is C26H25N5O2. The number of hydrogen-bond donors (Lipinski definition) is 1. The molecule has 1 saturated heterocycles. The van der Waals surface area contributed by atoms with Crippen LogP contribution in [0.25, 0.3) is 0 Å². The molecule has 1 N–H and O–H groups in total. The van der Waals surface area contributed by atoms with Crippen molar-refractivity contribution in [1.29, 1.82) is 5.26 Å². The number of amides is 2. The lowest BCUT2D eigenvalue weighted by atomic mass is 10.1. The van der Waals surface area contributed by atoms with Crippen molar-refractivity contribution in [2.75, 3.05) is 36.4 Å². The largest absolute Gasteiger partial charge is 0.370 e. The van der Waals surface area contributed by atoms with Crippen LogP contribution >= 0.6 is 0 Å². The molecule has 33 heavy (non-hydrogen) atoms. The Morgan fingerprint density at radius 2 is 1.73 bits per heavy atom. The van der Waals surface area contributed by atoms with Crippen LogP contribution in [0.1, 0.15) is 38.3 Å². The fraction of sp³-hybridized carbons (Fsp3) is 0.231. The summed E-state index contributed by atoms with van der Waals surface area (Å²) in [6.45, 7) is 4.62. The molecule has 7 heteroatoms. The van der Waals surface area contributed by atoms with E-state index in [9.17, 15) is 9.59 Å². The lowest BCUT2D eigenvalue weighted by Gasteiger charge is -2.24. The van der Waals surface area contributed by atoms with E-state index >= 15 is 0 Å². The Morgan fingerprint density at radius 3 is 2.45 bits per heavy atom. The number of anilines is 2. The summed E-state index contributed by atoms with van der Waals surface area (Å²) < 4.78 is 0. The zero-order valence-corrected chi connectivity index (χ0v) is 18.5. The van der Waals surface area contributed by atoms with Gasteiger partial charge in [0.2, 0.25) is 0 Å². The normalized spacial score (nSPS) is 13.7. The molecule has 4 rings (SSSR count). The third-order valence-electron chi connectivity index (χ3n) is 5.83. The maximum absolute atomic E-state index is 13.5. The van der Waals surface area contributed by atoms with Crippen molar-refractivity contribution in [2.24, 2.45) is 0 Å². The second kappa shape index (κ2) is 9.96. The van der Waals surface area contributed by atoms with Crippen molar-refractivity contribution in [1.82, 2.24) is 9.88 Å². The molecule has 3 aromatic rings. The third-order valence-corrected chi connectivity index (χ3v) is 5.83. The van der Waals surface area contributed by atoms with Gasteiger partial charge in [-0.2, -0.15) is 5.26 Å². The highest BCUT2D eigenvalue weighted by Crippen LogP contribution is 2.24. The molecule has 0 atom stereocenters. The number of benzene rings is 2. The molecule has 1 aromatic heterocycles. The van der Waals surface area contributed by atoms with E-state index < -0.39 is 0 Å². The first kappa shape index (κ1) is 22.0. The quantitative estimate of drug-likeness (QED) is 0.667. The number of aryl methyl sites for hydroxylation is 1. The number of nitriles is 1. The minimum atomic E-state index is -0.274. The summed E-state index contributed by atoms with van der Waals surface area (Å²) in [6, 6.07) is 18.4. The third kappa shape index (κ3) is 5.01. The van der Waals surface area contributed by atoms with Crippen molar-refractivity contribution >= 4 is 23.2 Å². The van der Waals surface area contributed by atoms with Crippen molar-refractivity contribution in [3.63, 3.8) is 0 Å². The Hall–Kier alpha value is -4.18. The molecule has 0 aliphatic carbocycles. The van der Waals surface area contributed by atoms with Crippen LogP contribution in [0.5, 0.6) is 0 Å². The Labute approximate surface area is 193 Å². The maximum Gasteiger partial charge on any atom is 0.256 e. The molecule has 2 heterocycles. The fourth-order valence-corrected chi connectivity index (χ4v) is 4.00. The van der Waals surface area contributed by atoms with Crippen molar-refractivity contribution in [2.45, 2.75) is 13.3 Å². The molecule has 0 saturated carbocycles. The van der Waals surface area contributed by atoms with Gasteiger partial charge in [-0.1, -0.05) is 12.1 Å². The number of aromatic nitrogens is 1. The van der Waals surface area contributed by atoms with Gasteiger partial charge in [-0.3, -0.25) is 14.6 Å². The van der Waals surface area contributed by atoms with Gasteiger partial charge in [0.1, 0.15) is 0 Å². The van der Waals surface area contributed by atoms with Gasteiger partial charge in [0, 0.05) is 49.8 Å². The highest BCUT2D eigenvalue weighted by molar-refractivity contribution is 6.09. The summed E-state index contributed by atoms with van der Waals surface area (Å²) in [6.07, 6.45) is 3.96. The lowest BCUT2D eigenvalue weighted by molar-refractivity contribution is 0.0768. The Balaban J connectivity index is 1.50. The predicted octanol–water partition coefficient (Wildman–Crippen LogP) is 3.87. The second-order valence-corrected chi connectivity index (χ2v) is 7.98. The van der Waals surface area contributed by atoms with Crippen LogP contribution in [-0.2, 0) is 0 Å². The van der Waals surface area contributed by atoms with Crippen LogP contribution in [0.4, 0.5) is 11.4 Å². The van der Waals surface area contributed by atoms with Gasteiger partial charge in [-0.05, 0) is 61.4 Å². The Morgan fingerprint density at radius 1 is 0.970 bits per heavy atom. The molecule has 1 aliphatic rings. The number of nitrogens with zero attached hydrogens (tertiary/aromatic N) is 4. The SMILES string of the molecule is Cc1cccc(C(=O)N2CCCN(c3ccc(C#N)cc3)CC2)c1NC(=O)c1ccncc1. The number of rotatable bonds is 4. The molecule has 1 aliphatic heterocycles. The minimum Gasteiger partial charge on any atom is -0.370 e. The van der Waals surface area contributed by atoms with Crippen LogP contribution in [0.2, 0.25) is 0 Å². The van der Waals surface area contributed by atoms with Gasteiger partial charge in [-0.25, -0.2) is 0 Å². The Bertz CT molecular complexity index is 1190. The standard InChI is InChI=1S/C26H25N5O2/c1-19-4-2-5-23(24(19)29-25(32)21-10-12-28-13-11-21)26(33)31-15-3-14-30(16-17-31)22-8-6-20(18-27)7-9-22/h2,4-13H,3,14-17H2,1H3,(H,29,32). The van der Waals surface area contributed by atoms with Crippen LogP contribution in [0.3, 0.4) is 0 Å². The number of nitrogens with one attached hydrogen (secondary N) is 1. The number of carbonyl (C=O) groups is 2. The van der Waals surface area contributed by atoms with Crippen molar-refractivity contribution < 1.29 is 9.59 Å². The summed E-state index contributed by atoms with van der Waals surface area (Å²) >= 11 is 0. The zero-order chi connectivity index (χ0) is 23.2. The molecule has 0 spiro atoms. The van der Waals surface area contributed by atoms with Gasteiger partial charge >= 0.3 is 0 Å². The number of para-hydroxylation sites is 1. The van der Waals surface area contributed by atoms with Gasteiger partial charge in [-0.15, -0.1) is 0 Å². The molecule has 0 bridgehead atoms. The van der Waals surface area contributed by atoms with Gasteiger partial charge < -0.3 is 15.1 Å². The molecule has 7 nitrogen and oxygen atoms in total. The first-order valence-corrected chi connectivity index (χ1v) is 10.9. The maximum atomic E-state index is 13.5. The first-order valence-electron chi connectivity index (χ1n) is 10.9. The Kier molecular flexibility index (Phi) is 6.65. The van der Waals surface area contributed by atoms with E-state index in [1.54, 1.807) is 30.6 Å². The second-order valence-electron chi connectivity index (χ2n) is 7.98. The highest BCUT2D eigenvalue weighted by Gasteiger charge is 2.24. The zero-order valence-electron chi connectivity index (χ0n) is 18.5. The van der Waals surface area contributed by atoms with Crippen LogP contribution in [-0.4, -0.2) is 47.9 Å². The first-order chi connectivity index (χ1) is 16.1. The van der Waals surface area contributed by atoms with E-state index in [-0.39, 0.29) is 11.8 Å². The van der Waals surface area contributed by atoms with E-state index in [1.807, 2.05) is 48.2 Å². The molecular weight excluding hydrogens is 414 g/mol. The highest BCUT2D eigenvalue weighted by atomic mass is 16.2. The number of carbonyl (C=O) groups excluding carboxylic acids is 2. The predicted molar refractivity (Wildman–Crippen MR) is 127 cm³/mol. The molecule has 1 fully saturated rings. The summed E-state index contributed by atoms with van der Waals surface area (Å²) in [4.78, 5) is 34.2. The smallest absolute Gasteiger partial charge is 0.256 e. The van der Waals surface area contributed by atoms with E-state index in [2.05, 4.69) is 21.3 Å². The lowest BCUT2D eigenvalue weighted by Crippen LogP contribution is -2.35. The van der Waals surface area contributed by atoms with Crippen LogP contribution in [0.15, 0.2) is 67.0 Å². The molecule has 166 valence electrons. The molecule has 2 aromatic carbocycles. The summed E-state index contributed by atoms with van der Waals surface area (Å²) in [7, 11) is 0. The van der Waals surface area contributed by atoms with Gasteiger partial charge in [0.05, 0.1) is 22.9 Å². The minimum absolute atomic E-state index is 0.0922. The van der Waals surface area contributed by atoms with Crippen LogP contribution < -0.4 is 10.2 Å². The fourth-order valence-electron chi connectivity index (χ4n) is 4.00. The van der Waals surface area contributed by atoms with Crippen molar-refractivity contribution in [3.8, 4) is 6.07 Å². The molecule has 0 radical (unpaired) electrons. The molecule has 0 unspecified atom stereocenters. The van der Waals surface area contributed by atoms with E-state index in [0.717, 1.165) is 24.2 Å². The summed E-state index contributed by atoms with van der Waals surface area (Å²) in [5.41, 5.74) is 4.02. The van der Waals surface area contributed by atoms with Gasteiger partial charge in [0.25, 0.3) is 11.8 Å². The van der Waals surface area contributed by atoms with E-state index in [4.69, 9.17) is 5.26 Å². The summed E-state index contributed by atoms with van der Waals surface area (Å²) in [5, 5.41) is 11.9.